The van der Waals surface area contributed by atoms with Gasteiger partial charge in [-0.2, -0.15) is 0 Å². The molecule has 0 aromatic carbocycles. The number of hydrogen-bond donors (Lipinski definition) is 0. The maximum Gasteiger partial charge on any atom is 0.0150 e. The summed E-state index contributed by atoms with van der Waals surface area (Å²) in [5, 5.41) is 0. The smallest absolute Gasteiger partial charge is 0.0150 e. The van der Waals surface area contributed by atoms with Crippen LogP contribution in [0.15, 0.2) is 10.6 Å². The van der Waals surface area contributed by atoms with Gasteiger partial charge in [0.05, 0.1) is 0 Å². The molecule has 1 aliphatic rings. The first-order valence-electron chi connectivity index (χ1n) is 2.02. The van der Waals surface area contributed by atoms with Crippen molar-refractivity contribution >= 4 is 15.9 Å². The van der Waals surface area contributed by atoms with Gasteiger partial charge in [-0.3, -0.25) is 0 Å². The van der Waals surface area contributed by atoms with E-state index in [4.69, 9.17) is 0 Å². The predicted molar refractivity (Wildman–Crippen MR) is 30.8 cm³/mol. The Morgan fingerprint density at radius 2 is 1.83 bits per heavy atom. The monoisotopic (exact) mass is 146 g/mol. The van der Waals surface area contributed by atoms with Gasteiger partial charge in [0.25, 0.3) is 0 Å². The van der Waals surface area contributed by atoms with Crippen molar-refractivity contribution in [2.24, 2.45) is 5.41 Å². The van der Waals surface area contributed by atoms with Gasteiger partial charge >= 0.3 is 0 Å². The summed E-state index contributed by atoms with van der Waals surface area (Å²) in [6, 6.07) is 0. The van der Waals surface area contributed by atoms with Gasteiger partial charge in [-0.1, -0.05) is 35.9 Å². The predicted octanol–water partition coefficient (Wildman–Crippen LogP) is 2.31. The largest absolute Gasteiger partial charge is 0.0629 e. The third kappa shape index (κ3) is 0.515. The first-order chi connectivity index (χ1) is 2.63. The summed E-state index contributed by atoms with van der Waals surface area (Å²) in [7, 11) is 0. The van der Waals surface area contributed by atoms with Gasteiger partial charge in [-0.05, 0) is 0 Å². The minimum Gasteiger partial charge on any atom is -0.0629 e. The zero-order chi connectivity index (χ0) is 4.78. The number of hydrogen-bond acceptors (Lipinski definition) is 0. The highest BCUT2D eigenvalue weighted by Gasteiger charge is 2.30. The van der Waals surface area contributed by atoms with Crippen LogP contribution >= 0.6 is 15.9 Å². The van der Waals surface area contributed by atoms with Crippen LogP contribution in [0, 0.1) is 5.41 Å². The third-order valence-electron chi connectivity index (χ3n) is 1.02. The Morgan fingerprint density at radius 3 is 1.83 bits per heavy atom. The third-order valence-corrected chi connectivity index (χ3v) is 2.27. The van der Waals surface area contributed by atoms with Crippen molar-refractivity contribution in [1.82, 2.24) is 0 Å². The minimum atomic E-state index is 0.417. The molecule has 1 heteroatoms. The summed E-state index contributed by atoms with van der Waals surface area (Å²) in [5.41, 5.74) is 0.417. The molecule has 0 aromatic rings. The van der Waals surface area contributed by atoms with Crippen molar-refractivity contribution in [1.29, 1.82) is 0 Å². The highest BCUT2D eigenvalue weighted by molar-refractivity contribution is 9.12. The Bertz CT molecular complexity index is 101. The Labute approximate surface area is 46.4 Å². The van der Waals surface area contributed by atoms with E-state index < -0.39 is 0 Å². The topological polar surface area (TPSA) is 0 Å². The van der Waals surface area contributed by atoms with Crippen LogP contribution in [0.1, 0.15) is 13.8 Å². The van der Waals surface area contributed by atoms with Gasteiger partial charge in [0, 0.05) is 9.90 Å². The quantitative estimate of drug-likeness (QED) is 0.493. The number of halogens is 1. The van der Waals surface area contributed by atoms with Gasteiger partial charge in [0.1, 0.15) is 0 Å². The normalized spacial score (nSPS) is 26.2. The molecule has 0 radical (unpaired) electrons. The van der Waals surface area contributed by atoms with E-state index in [9.17, 15) is 0 Å². The molecule has 0 bridgehead atoms. The van der Waals surface area contributed by atoms with Crippen LogP contribution in [0.2, 0.25) is 0 Å². The second-order valence-corrected chi connectivity index (χ2v) is 3.07. The summed E-state index contributed by atoms with van der Waals surface area (Å²) in [6.45, 7) is 4.36. The molecule has 34 valence electrons. The molecule has 0 nitrogen and oxygen atoms in total. The summed E-state index contributed by atoms with van der Waals surface area (Å²) in [4.78, 5) is 0. The molecule has 0 aliphatic heterocycles. The molecular weight excluding hydrogens is 140 g/mol. The lowest BCUT2D eigenvalue weighted by molar-refractivity contribution is 0.726. The van der Waals surface area contributed by atoms with Crippen molar-refractivity contribution in [2.75, 3.05) is 0 Å². The summed E-state index contributed by atoms with van der Waals surface area (Å²) < 4.78 is 1.34. The first-order valence-corrected chi connectivity index (χ1v) is 2.81. The second-order valence-electron chi connectivity index (χ2n) is 2.21. The van der Waals surface area contributed by atoms with E-state index in [2.05, 4.69) is 35.9 Å². The van der Waals surface area contributed by atoms with Gasteiger partial charge < -0.3 is 0 Å². The minimum absolute atomic E-state index is 0.417. The fourth-order valence-electron chi connectivity index (χ4n) is 0.281. The van der Waals surface area contributed by atoms with Crippen LogP contribution < -0.4 is 0 Å². The molecule has 0 unspecified atom stereocenters. The average molecular weight is 147 g/mol. The van der Waals surface area contributed by atoms with Crippen LogP contribution in [0.4, 0.5) is 0 Å². The van der Waals surface area contributed by atoms with Crippen molar-refractivity contribution in [3.8, 4) is 0 Å². The van der Waals surface area contributed by atoms with Crippen molar-refractivity contribution in [3.05, 3.63) is 10.6 Å². The van der Waals surface area contributed by atoms with Crippen LogP contribution in [-0.4, -0.2) is 0 Å². The molecule has 0 atom stereocenters. The first kappa shape index (κ1) is 4.38. The second kappa shape index (κ2) is 0.890. The molecule has 0 aromatic heterocycles. The average Bonchev–Trinajstić information content (AvgIpc) is 1.73. The van der Waals surface area contributed by atoms with Crippen molar-refractivity contribution < 1.29 is 0 Å². The molecule has 1 rings (SSSR count). The zero-order valence-electron chi connectivity index (χ0n) is 3.96. The molecule has 1 aliphatic carbocycles. The fourth-order valence-corrected chi connectivity index (χ4v) is 0.853. The molecule has 0 amide bonds. The lowest BCUT2D eigenvalue weighted by atomic mass is 10.2. The van der Waals surface area contributed by atoms with Crippen LogP contribution in [0.3, 0.4) is 0 Å². The Kier molecular flexibility index (Phi) is 0.650. The summed E-state index contributed by atoms with van der Waals surface area (Å²) >= 11 is 3.36. The molecule has 0 fully saturated rings. The molecule has 6 heavy (non-hydrogen) atoms. The Hall–Kier alpha value is 0.220. The van der Waals surface area contributed by atoms with Gasteiger partial charge in [-0.15, -0.1) is 0 Å². The fraction of sp³-hybridized carbons (Fsp3) is 0.600. The molecule has 0 heterocycles. The van der Waals surface area contributed by atoms with Gasteiger partial charge in [0.2, 0.25) is 0 Å². The van der Waals surface area contributed by atoms with E-state index in [-0.39, 0.29) is 0 Å². The highest BCUT2D eigenvalue weighted by atomic mass is 79.9. The van der Waals surface area contributed by atoms with E-state index in [0.29, 0.717) is 5.41 Å². The number of rotatable bonds is 0. The number of allylic oxidation sites excluding steroid dienone is 2. The highest BCUT2D eigenvalue weighted by Crippen LogP contribution is 2.46. The Balaban J connectivity index is 2.53. The molecule has 0 saturated carbocycles. The van der Waals surface area contributed by atoms with Crippen molar-refractivity contribution in [3.63, 3.8) is 0 Å². The van der Waals surface area contributed by atoms with E-state index in [0.717, 1.165) is 0 Å². The SMILES string of the molecule is CC1(C)C=C1Br. The molecule has 0 spiro atoms. The van der Waals surface area contributed by atoms with Crippen LogP contribution in [0.5, 0.6) is 0 Å². The summed E-state index contributed by atoms with van der Waals surface area (Å²) in [5.74, 6) is 0. The maximum atomic E-state index is 3.36. The van der Waals surface area contributed by atoms with E-state index in [1.165, 1.54) is 4.48 Å². The van der Waals surface area contributed by atoms with Gasteiger partial charge in [0.15, 0.2) is 0 Å². The lowest BCUT2D eigenvalue weighted by Crippen LogP contribution is -1.82. The van der Waals surface area contributed by atoms with E-state index >= 15 is 0 Å². The standard InChI is InChI=1S/C5H7Br/c1-5(2)3-4(5)6/h3H,1-2H3. The van der Waals surface area contributed by atoms with Crippen LogP contribution in [0.25, 0.3) is 0 Å². The van der Waals surface area contributed by atoms with E-state index in [1.54, 1.807) is 0 Å². The molecule has 0 N–H and O–H groups in total. The van der Waals surface area contributed by atoms with Crippen LogP contribution in [-0.2, 0) is 0 Å². The maximum absolute atomic E-state index is 3.36. The molecular formula is C5H7Br. The Morgan fingerprint density at radius 1 is 1.67 bits per heavy atom. The van der Waals surface area contributed by atoms with Crippen molar-refractivity contribution in [2.45, 2.75) is 13.8 Å². The summed E-state index contributed by atoms with van der Waals surface area (Å²) in [6.07, 6.45) is 2.19. The molecule has 0 saturated heterocycles. The zero-order valence-corrected chi connectivity index (χ0v) is 5.54. The van der Waals surface area contributed by atoms with Gasteiger partial charge in [-0.25, -0.2) is 0 Å². The van der Waals surface area contributed by atoms with E-state index in [1.807, 2.05) is 0 Å². The lowest BCUT2D eigenvalue weighted by Gasteiger charge is -1.93.